The summed E-state index contributed by atoms with van der Waals surface area (Å²) in [6.07, 6.45) is 4.14. The Kier molecular flexibility index (Phi) is 3.91. The number of hydrogen-bond donors (Lipinski definition) is 0. The van der Waals surface area contributed by atoms with Crippen LogP contribution in [0.2, 0.25) is 0 Å². The third-order valence-electron chi connectivity index (χ3n) is 4.63. The second-order valence-corrected chi connectivity index (χ2v) is 8.56. The van der Waals surface area contributed by atoms with Crippen molar-refractivity contribution in [2.24, 2.45) is 0 Å². The van der Waals surface area contributed by atoms with Crippen LogP contribution in [0.5, 0.6) is 0 Å². The molecule has 2 aliphatic rings. The molecule has 120 valence electrons. The summed E-state index contributed by atoms with van der Waals surface area (Å²) in [5, 5.41) is 0. The molecule has 1 fully saturated rings. The van der Waals surface area contributed by atoms with E-state index in [0.717, 1.165) is 18.4 Å². The van der Waals surface area contributed by atoms with Crippen LogP contribution in [0.4, 0.5) is 0 Å². The molecule has 2 aliphatic heterocycles. The van der Waals surface area contributed by atoms with Crippen molar-refractivity contribution < 1.29 is 13.2 Å². The molecule has 3 rings (SSSR count). The van der Waals surface area contributed by atoms with Crippen LogP contribution in [-0.4, -0.2) is 37.5 Å². The molecule has 0 bridgehead atoms. The number of sulfonamides is 1. The van der Waals surface area contributed by atoms with Crippen LogP contribution in [0, 0.1) is 6.92 Å². The molecule has 0 aliphatic carbocycles. The van der Waals surface area contributed by atoms with Crippen molar-refractivity contribution in [1.29, 1.82) is 0 Å². The van der Waals surface area contributed by atoms with Gasteiger partial charge in [-0.3, -0.25) is 0 Å². The lowest BCUT2D eigenvalue weighted by molar-refractivity contribution is 0.264. The SMILES string of the molecule is C/C1=C/CN(S(=O)(=O)c2ccc(C)cc2)C[C@]2(C)O[C@H]2CC1. The van der Waals surface area contributed by atoms with E-state index in [-0.39, 0.29) is 11.7 Å². The van der Waals surface area contributed by atoms with Crippen molar-refractivity contribution in [3.8, 4) is 0 Å². The average molecular weight is 321 g/mol. The zero-order valence-electron chi connectivity index (χ0n) is 13.4. The summed E-state index contributed by atoms with van der Waals surface area (Å²) in [6, 6.07) is 7.04. The first kappa shape index (κ1) is 15.7. The number of allylic oxidation sites excluding steroid dienone is 1. The van der Waals surface area contributed by atoms with Crippen molar-refractivity contribution in [1.82, 2.24) is 4.31 Å². The summed E-state index contributed by atoms with van der Waals surface area (Å²) >= 11 is 0. The predicted octanol–water partition coefficient (Wildman–Crippen LogP) is 2.88. The van der Waals surface area contributed by atoms with E-state index < -0.39 is 10.0 Å². The second-order valence-electron chi connectivity index (χ2n) is 6.62. The Balaban J connectivity index is 1.92. The average Bonchev–Trinajstić information content (AvgIpc) is 3.10. The number of aryl methyl sites for hydroxylation is 1. The Morgan fingerprint density at radius 3 is 2.59 bits per heavy atom. The smallest absolute Gasteiger partial charge is 0.243 e. The molecule has 4 nitrogen and oxygen atoms in total. The summed E-state index contributed by atoms with van der Waals surface area (Å²) < 4.78 is 33.2. The van der Waals surface area contributed by atoms with Crippen molar-refractivity contribution in [2.45, 2.75) is 50.2 Å². The summed E-state index contributed by atoms with van der Waals surface area (Å²) in [5.74, 6) is 0. The van der Waals surface area contributed by atoms with Gasteiger partial charge in [0.05, 0.1) is 11.0 Å². The van der Waals surface area contributed by atoms with Gasteiger partial charge in [0.2, 0.25) is 10.0 Å². The Bertz CT molecular complexity index is 693. The highest BCUT2D eigenvalue weighted by Gasteiger charge is 2.53. The van der Waals surface area contributed by atoms with Gasteiger partial charge in [-0.15, -0.1) is 0 Å². The molecule has 0 radical (unpaired) electrons. The van der Waals surface area contributed by atoms with Crippen LogP contribution in [0.25, 0.3) is 0 Å². The Morgan fingerprint density at radius 2 is 1.91 bits per heavy atom. The van der Waals surface area contributed by atoms with Gasteiger partial charge >= 0.3 is 0 Å². The maximum Gasteiger partial charge on any atom is 0.243 e. The number of epoxide rings is 1. The van der Waals surface area contributed by atoms with Crippen molar-refractivity contribution in [3.63, 3.8) is 0 Å². The van der Waals surface area contributed by atoms with E-state index in [1.165, 1.54) is 5.57 Å². The molecule has 5 heteroatoms. The van der Waals surface area contributed by atoms with Gasteiger partial charge in [0.25, 0.3) is 0 Å². The zero-order valence-corrected chi connectivity index (χ0v) is 14.2. The molecule has 0 unspecified atom stereocenters. The number of nitrogens with zero attached hydrogens (tertiary/aromatic N) is 1. The molecule has 0 aromatic heterocycles. The monoisotopic (exact) mass is 321 g/mol. The highest BCUT2D eigenvalue weighted by Crippen LogP contribution is 2.42. The fourth-order valence-electron chi connectivity index (χ4n) is 2.97. The first-order valence-electron chi connectivity index (χ1n) is 7.71. The van der Waals surface area contributed by atoms with Gasteiger partial charge in [-0.2, -0.15) is 4.31 Å². The number of fused-ring (bicyclic) bond motifs is 1. The predicted molar refractivity (Wildman–Crippen MR) is 86.2 cm³/mol. The normalized spacial score (nSPS) is 32.1. The van der Waals surface area contributed by atoms with Gasteiger partial charge in [0.15, 0.2) is 0 Å². The van der Waals surface area contributed by atoms with E-state index in [1.54, 1.807) is 16.4 Å². The molecular formula is C17H23NO3S. The molecule has 1 aromatic carbocycles. The van der Waals surface area contributed by atoms with Crippen molar-refractivity contribution in [3.05, 3.63) is 41.5 Å². The zero-order chi connectivity index (χ0) is 16.0. The summed E-state index contributed by atoms with van der Waals surface area (Å²) in [6.45, 7) is 6.84. The molecule has 1 aromatic rings. The Labute approximate surface area is 132 Å². The molecule has 0 amide bonds. The summed E-state index contributed by atoms with van der Waals surface area (Å²) in [5.41, 5.74) is 1.94. The van der Waals surface area contributed by atoms with Gasteiger partial charge in [0.1, 0.15) is 5.60 Å². The first-order valence-corrected chi connectivity index (χ1v) is 9.15. The minimum atomic E-state index is -3.49. The second kappa shape index (κ2) is 5.48. The fourth-order valence-corrected chi connectivity index (χ4v) is 4.45. The van der Waals surface area contributed by atoms with Crippen LogP contribution in [-0.2, 0) is 14.8 Å². The van der Waals surface area contributed by atoms with Gasteiger partial charge in [-0.1, -0.05) is 29.3 Å². The van der Waals surface area contributed by atoms with Crippen LogP contribution in [0.1, 0.15) is 32.3 Å². The molecule has 0 spiro atoms. The van der Waals surface area contributed by atoms with Crippen molar-refractivity contribution >= 4 is 10.0 Å². The maximum atomic E-state index is 12.9. The summed E-state index contributed by atoms with van der Waals surface area (Å²) in [7, 11) is -3.49. The minimum absolute atomic E-state index is 0.171. The number of ether oxygens (including phenoxy) is 1. The molecule has 0 N–H and O–H groups in total. The molecule has 22 heavy (non-hydrogen) atoms. The topological polar surface area (TPSA) is 49.9 Å². The third kappa shape index (κ3) is 2.98. The standard InChI is InChI=1S/C17H23NO3S/c1-13-4-7-15(8-5-13)22(19,20)18-11-10-14(2)6-9-16-17(3,12-18)21-16/h4-5,7-8,10,16H,6,9,11-12H2,1-3H3/b14-10-/t16-,17-/m0/s1. The molecule has 1 saturated heterocycles. The fraction of sp³-hybridized carbons (Fsp3) is 0.529. The van der Waals surface area contributed by atoms with E-state index >= 15 is 0 Å². The van der Waals surface area contributed by atoms with Gasteiger partial charge in [-0.25, -0.2) is 8.42 Å². The van der Waals surface area contributed by atoms with Crippen LogP contribution < -0.4 is 0 Å². The van der Waals surface area contributed by atoms with E-state index in [1.807, 2.05) is 32.1 Å². The lowest BCUT2D eigenvalue weighted by Crippen LogP contribution is -2.39. The molecule has 2 atom stereocenters. The van der Waals surface area contributed by atoms with E-state index in [4.69, 9.17) is 4.74 Å². The third-order valence-corrected chi connectivity index (χ3v) is 6.45. The maximum absolute atomic E-state index is 12.9. The van der Waals surface area contributed by atoms with Crippen LogP contribution in [0.15, 0.2) is 40.8 Å². The quantitative estimate of drug-likeness (QED) is 0.622. The molecular weight excluding hydrogens is 298 g/mol. The summed E-state index contributed by atoms with van der Waals surface area (Å²) in [4.78, 5) is 0.351. The largest absolute Gasteiger partial charge is 0.365 e. The van der Waals surface area contributed by atoms with Gasteiger partial charge in [0, 0.05) is 13.1 Å². The first-order chi connectivity index (χ1) is 10.3. The Morgan fingerprint density at radius 1 is 1.23 bits per heavy atom. The van der Waals surface area contributed by atoms with E-state index in [9.17, 15) is 8.42 Å². The highest BCUT2D eigenvalue weighted by molar-refractivity contribution is 7.89. The van der Waals surface area contributed by atoms with Crippen LogP contribution in [0.3, 0.4) is 0 Å². The van der Waals surface area contributed by atoms with Crippen LogP contribution >= 0.6 is 0 Å². The minimum Gasteiger partial charge on any atom is -0.365 e. The van der Waals surface area contributed by atoms with E-state index in [2.05, 4.69) is 6.92 Å². The van der Waals surface area contributed by atoms with Gasteiger partial charge in [-0.05, 0) is 45.7 Å². The number of hydrogen-bond acceptors (Lipinski definition) is 3. The molecule has 0 saturated carbocycles. The number of benzene rings is 1. The lowest BCUT2D eigenvalue weighted by atomic mass is 10.0. The van der Waals surface area contributed by atoms with Gasteiger partial charge < -0.3 is 4.74 Å². The molecule has 2 heterocycles. The lowest BCUT2D eigenvalue weighted by Gasteiger charge is -2.23. The number of rotatable bonds is 2. The highest BCUT2D eigenvalue weighted by atomic mass is 32.2. The Hall–Kier alpha value is -1.17. The van der Waals surface area contributed by atoms with Crippen molar-refractivity contribution in [2.75, 3.05) is 13.1 Å². The van der Waals surface area contributed by atoms with E-state index in [0.29, 0.717) is 18.0 Å².